The number of nitrogens with one attached hydrogen (secondary N) is 2. The fraction of sp³-hybridized carbons (Fsp3) is 0.909. The number of carbonyl (C=O) groups excluding carboxylic acids is 1. The lowest BCUT2D eigenvalue weighted by Gasteiger charge is -2.12. The zero-order valence-corrected chi connectivity index (χ0v) is 9.31. The van der Waals surface area contributed by atoms with Crippen LogP contribution in [0.25, 0.3) is 0 Å². The highest BCUT2D eigenvalue weighted by Gasteiger charge is 2.20. The molecule has 82 valence electrons. The Hall–Kier alpha value is -0.570. The Labute approximate surface area is 86.6 Å². The molecule has 14 heavy (non-hydrogen) atoms. The molecule has 1 atom stereocenters. The van der Waals surface area contributed by atoms with Crippen LogP contribution in [-0.2, 0) is 4.79 Å². The van der Waals surface area contributed by atoms with Gasteiger partial charge < -0.3 is 10.6 Å². The zero-order valence-electron chi connectivity index (χ0n) is 9.31. The van der Waals surface area contributed by atoms with Gasteiger partial charge >= 0.3 is 0 Å². The van der Waals surface area contributed by atoms with Gasteiger partial charge in [0, 0.05) is 25.0 Å². The van der Waals surface area contributed by atoms with Crippen LogP contribution in [0.5, 0.6) is 0 Å². The van der Waals surface area contributed by atoms with E-state index in [4.69, 9.17) is 0 Å². The van der Waals surface area contributed by atoms with Crippen molar-refractivity contribution in [3.63, 3.8) is 0 Å². The van der Waals surface area contributed by atoms with Crippen molar-refractivity contribution in [2.75, 3.05) is 6.54 Å². The molecule has 0 aromatic heterocycles. The first-order chi connectivity index (χ1) is 6.72. The van der Waals surface area contributed by atoms with E-state index in [0.717, 1.165) is 19.4 Å². The number of hydrogen-bond donors (Lipinski definition) is 2. The van der Waals surface area contributed by atoms with Crippen molar-refractivity contribution in [2.24, 2.45) is 0 Å². The van der Waals surface area contributed by atoms with Crippen LogP contribution < -0.4 is 10.6 Å². The normalized spacial score (nSPS) is 17.9. The van der Waals surface area contributed by atoms with Crippen LogP contribution >= 0.6 is 0 Å². The summed E-state index contributed by atoms with van der Waals surface area (Å²) >= 11 is 0. The van der Waals surface area contributed by atoms with Crippen LogP contribution in [0.2, 0.25) is 0 Å². The maximum absolute atomic E-state index is 11.4. The highest BCUT2D eigenvalue weighted by Crippen LogP contribution is 2.18. The number of carbonyl (C=O) groups is 1. The fourth-order valence-electron chi connectivity index (χ4n) is 1.53. The second kappa shape index (κ2) is 6.02. The molecule has 0 aromatic carbocycles. The van der Waals surface area contributed by atoms with Gasteiger partial charge in [0.1, 0.15) is 0 Å². The predicted molar refractivity (Wildman–Crippen MR) is 58.2 cm³/mol. The Balaban J connectivity index is 1.96. The van der Waals surface area contributed by atoms with E-state index in [2.05, 4.69) is 24.5 Å². The lowest BCUT2D eigenvalue weighted by Crippen LogP contribution is -2.34. The van der Waals surface area contributed by atoms with Gasteiger partial charge in [0.15, 0.2) is 0 Å². The number of amides is 1. The number of hydrogen-bond acceptors (Lipinski definition) is 2. The predicted octanol–water partition coefficient (Wildman–Crippen LogP) is 1.43. The third kappa shape index (κ3) is 5.22. The summed E-state index contributed by atoms with van der Waals surface area (Å²) in [5.41, 5.74) is 0. The first-order valence-electron chi connectivity index (χ1n) is 5.75. The van der Waals surface area contributed by atoms with Crippen molar-refractivity contribution in [1.82, 2.24) is 10.6 Å². The van der Waals surface area contributed by atoms with Crippen molar-refractivity contribution >= 4 is 5.91 Å². The lowest BCUT2D eigenvalue weighted by atomic mass is 10.2. The molecule has 0 heterocycles. The molecule has 1 fully saturated rings. The molecular formula is C11H22N2O. The highest BCUT2D eigenvalue weighted by molar-refractivity contribution is 5.76. The average Bonchev–Trinajstić information content (AvgIpc) is 2.88. The smallest absolute Gasteiger partial charge is 0.221 e. The third-order valence-electron chi connectivity index (χ3n) is 2.49. The molecule has 0 radical (unpaired) electrons. The standard InChI is InChI=1S/C11H22N2O/c1-3-4-9(2)13-11(14)7-8-12-10-5-6-10/h9-10,12H,3-8H2,1-2H3,(H,13,14). The van der Waals surface area contributed by atoms with Gasteiger partial charge in [0.05, 0.1) is 0 Å². The van der Waals surface area contributed by atoms with Crippen molar-refractivity contribution in [3.05, 3.63) is 0 Å². The van der Waals surface area contributed by atoms with Crippen molar-refractivity contribution in [2.45, 2.75) is 58.0 Å². The summed E-state index contributed by atoms with van der Waals surface area (Å²) in [6.07, 6.45) is 5.38. The molecule has 0 saturated heterocycles. The molecule has 3 heteroatoms. The van der Waals surface area contributed by atoms with Gasteiger partial charge in [0.2, 0.25) is 5.91 Å². The van der Waals surface area contributed by atoms with Crippen LogP contribution in [0.15, 0.2) is 0 Å². The molecule has 2 N–H and O–H groups in total. The van der Waals surface area contributed by atoms with Crippen molar-refractivity contribution < 1.29 is 4.79 Å². The minimum Gasteiger partial charge on any atom is -0.354 e. The van der Waals surface area contributed by atoms with Gasteiger partial charge in [-0.15, -0.1) is 0 Å². The van der Waals surface area contributed by atoms with Crippen LogP contribution in [0.4, 0.5) is 0 Å². The summed E-state index contributed by atoms with van der Waals surface area (Å²) in [5.74, 6) is 0.180. The molecule has 0 spiro atoms. The Morgan fingerprint density at radius 2 is 2.21 bits per heavy atom. The van der Waals surface area contributed by atoms with Gasteiger partial charge in [-0.3, -0.25) is 4.79 Å². The third-order valence-corrected chi connectivity index (χ3v) is 2.49. The largest absolute Gasteiger partial charge is 0.354 e. The van der Waals surface area contributed by atoms with Gasteiger partial charge in [0.25, 0.3) is 0 Å². The monoisotopic (exact) mass is 198 g/mol. The molecule has 0 aromatic rings. The van der Waals surface area contributed by atoms with Gasteiger partial charge in [-0.05, 0) is 26.2 Å². The summed E-state index contributed by atoms with van der Waals surface area (Å²) in [4.78, 5) is 11.4. The zero-order chi connectivity index (χ0) is 10.4. The first kappa shape index (κ1) is 11.5. The van der Waals surface area contributed by atoms with Crippen molar-refractivity contribution in [3.8, 4) is 0 Å². The summed E-state index contributed by atoms with van der Waals surface area (Å²) < 4.78 is 0. The molecule has 1 amide bonds. The second-order valence-electron chi connectivity index (χ2n) is 4.24. The van der Waals surface area contributed by atoms with E-state index < -0.39 is 0 Å². The summed E-state index contributed by atoms with van der Waals surface area (Å²) in [6, 6.07) is 1.03. The van der Waals surface area contributed by atoms with E-state index >= 15 is 0 Å². The van der Waals surface area contributed by atoms with Crippen LogP contribution in [0, 0.1) is 0 Å². The highest BCUT2D eigenvalue weighted by atomic mass is 16.1. The van der Waals surface area contributed by atoms with E-state index in [-0.39, 0.29) is 5.91 Å². The van der Waals surface area contributed by atoms with E-state index in [0.29, 0.717) is 18.5 Å². The minimum atomic E-state index is 0.180. The summed E-state index contributed by atoms with van der Waals surface area (Å²) in [6.45, 7) is 5.03. The molecular weight excluding hydrogens is 176 g/mol. The summed E-state index contributed by atoms with van der Waals surface area (Å²) in [7, 11) is 0. The molecule has 0 bridgehead atoms. The fourth-order valence-corrected chi connectivity index (χ4v) is 1.53. The molecule has 1 aliphatic rings. The summed E-state index contributed by atoms with van der Waals surface area (Å²) in [5, 5.41) is 6.33. The molecule has 1 rings (SSSR count). The Bertz CT molecular complexity index is 178. The molecule has 3 nitrogen and oxygen atoms in total. The van der Waals surface area contributed by atoms with Gasteiger partial charge in [-0.1, -0.05) is 13.3 Å². The quantitative estimate of drug-likeness (QED) is 0.650. The van der Waals surface area contributed by atoms with E-state index in [1.165, 1.54) is 12.8 Å². The van der Waals surface area contributed by atoms with E-state index in [1.54, 1.807) is 0 Å². The second-order valence-corrected chi connectivity index (χ2v) is 4.24. The lowest BCUT2D eigenvalue weighted by molar-refractivity contribution is -0.121. The van der Waals surface area contributed by atoms with Gasteiger partial charge in [-0.2, -0.15) is 0 Å². The molecule has 1 unspecified atom stereocenters. The van der Waals surface area contributed by atoms with Crippen molar-refractivity contribution in [1.29, 1.82) is 0 Å². The van der Waals surface area contributed by atoms with E-state index in [9.17, 15) is 4.79 Å². The average molecular weight is 198 g/mol. The Morgan fingerprint density at radius 1 is 1.50 bits per heavy atom. The van der Waals surface area contributed by atoms with E-state index in [1.807, 2.05) is 0 Å². The van der Waals surface area contributed by atoms with Crippen LogP contribution in [-0.4, -0.2) is 24.5 Å². The topological polar surface area (TPSA) is 41.1 Å². The van der Waals surface area contributed by atoms with Crippen LogP contribution in [0.1, 0.15) is 46.0 Å². The molecule has 0 aliphatic heterocycles. The molecule has 1 aliphatic carbocycles. The Morgan fingerprint density at radius 3 is 2.79 bits per heavy atom. The van der Waals surface area contributed by atoms with Gasteiger partial charge in [-0.25, -0.2) is 0 Å². The number of rotatable bonds is 7. The minimum absolute atomic E-state index is 0.180. The molecule has 1 saturated carbocycles. The maximum Gasteiger partial charge on any atom is 0.221 e. The first-order valence-corrected chi connectivity index (χ1v) is 5.75. The maximum atomic E-state index is 11.4. The SMILES string of the molecule is CCCC(C)NC(=O)CCNC1CC1. The van der Waals surface area contributed by atoms with Crippen LogP contribution in [0.3, 0.4) is 0 Å². The Kier molecular flexibility index (Phi) is 4.94.